The van der Waals surface area contributed by atoms with Crippen LogP contribution in [-0.4, -0.2) is 48.1 Å². The molecule has 1 aliphatic heterocycles. The molecule has 2 rings (SSSR count). The largest absolute Gasteiger partial charge is 0.503 e. The van der Waals surface area contributed by atoms with E-state index in [0.29, 0.717) is 18.2 Å². The minimum atomic E-state index is -0.901. The molecule has 1 saturated heterocycles. The first-order valence-electron chi connectivity index (χ1n) is 6.53. The Morgan fingerprint density at radius 2 is 2.00 bits per heavy atom. The normalized spacial score (nSPS) is 20.4. The van der Waals surface area contributed by atoms with Crippen molar-refractivity contribution in [3.05, 3.63) is 29.3 Å². The first-order chi connectivity index (χ1) is 8.97. The molecule has 1 fully saturated rings. The summed E-state index contributed by atoms with van der Waals surface area (Å²) in [5, 5.41) is 9.06. The van der Waals surface area contributed by atoms with Crippen LogP contribution < -0.4 is 0 Å². The molecule has 0 amide bonds. The number of halogens is 2. The Balaban J connectivity index is 1.97. The van der Waals surface area contributed by atoms with Gasteiger partial charge in [-0.05, 0) is 51.2 Å². The Hall–Kier alpha value is -1.20. The van der Waals surface area contributed by atoms with Crippen molar-refractivity contribution in [2.24, 2.45) is 0 Å². The van der Waals surface area contributed by atoms with E-state index in [4.69, 9.17) is 5.11 Å². The van der Waals surface area contributed by atoms with Gasteiger partial charge >= 0.3 is 0 Å². The topological polar surface area (TPSA) is 26.7 Å². The van der Waals surface area contributed by atoms with Crippen LogP contribution in [0.15, 0.2) is 12.1 Å². The number of phenols is 1. The summed E-state index contributed by atoms with van der Waals surface area (Å²) in [7, 11) is 4.04. The minimum absolute atomic E-state index is 0.471. The molecule has 5 heteroatoms. The molecule has 0 aromatic heterocycles. The van der Waals surface area contributed by atoms with Gasteiger partial charge in [0, 0.05) is 19.1 Å². The second-order valence-corrected chi connectivity index (χ2v) is 5.38. The van der Waals surface area contributed by atoms with Crippen molar-refractivity contribution in [1.82, 2.24) is 9.80 Å². The highest BCUT2D eigenvalue weighted by Crippen LogP contribution is 2.22. The number of hydrogen-bond acceptors (Lipinski definition) is 3. The minimum Gasteiger partial charge on any atom is -0.503 e. The van der Waals surface area contributed by atoms with Crippen LogP contribution >= 0.6 is 0 Å². The van der Waals surface area contributed by atoms with Gasteiger partial charge in [-0.3, -0.25) is 0 Å². The number of benzene rings is 1. The van der Waals surface area contributed by atoms with Gasteiger partial charge in [-0.25, -0.2) is 8.78 Å². The lowest BCUT2D eigenvalue weighted by Gasteiger charge is -2.25. The number of rotatable bonds is 4. The fourth-order valence-corrected chi connectivity index (χ4v) is 2.66. The highest BCUT2D eigenvalue weighted by atomic mass is 19.1. The number of aromatic hydroxyl groups is 1. The molecule has 1 aromatic rings. The van der Waals surface area contributed by atoms with Gasteiger partial charge in [-0.2, -0.15) is 0 Å². The van der Waals surface area contributed by atoms with Crippen molar-refractivity contribution in [3.63, 3.8) is 0 Å². The van der Waals surface area contributed by atoms with Crippen molar-refractivity contribution < 1.29 is 13.9 Å². The molecule has 106 valence electrons. The van der Waals surface area contributed by atoms with Gasteiger partial charge in [0.25, 0.3) is 0 Å². The summed E-state index contributed by atoms with van der Waals surface area (Å²) < 4.78 is 26.5. The van der Waals surface area contributed by atoms with Crippen LogP contribution in [0.2, 0.25) is 0 Å². The molecule has 0 aliphatic carbocycles. The third-order valence-corrected chi connectivity index (χ3v) is 3.72. The van der Waals surface area contributed by atoms with Crippen molar-refractivity contribution in [3.8, 4) is 5.75 Å². The third kappa shape index (κ3) is 3.42. The fourth-order valence-electron chi connectivity index (χ4n) is 2.66. The Bertz CT molecular complexity index is 430. The Morgan fingerprint density at radius 3 is 2.53 bits per heavy atom. The van der Waals surface area contributed by atoms with E-state index in [1.54, 1.807) is 0 Å². The molecule has 0 bridgehead atoms. The molecule has 0 spiro atoms. The number of phenolic OH excluding ortho intramolecular Hbond substituents is 1. The summed E-state index contributed by atoms with van der Waals surface area (Å²) >= 11 is 0. The zero-order chi connectivity index (χ0) is 14.0. The van der Waals surface area contributed by atoms with Gasteiger partial charge in [0.05, 0.1) is 0 Å². The molecule has 1 aliphatic rings. The first-order valence-corrected chi connectivity index (χ1v) is 6.53. The van der Waals surface area contributed by atoms with Crippen LogP contribution in [0.3, 0.4) is 0 Å². The predicted molar refractivity (Wildman–Crippen MR) is 70.0 cm³/mol. The van der Waals surface area contributed by atoms with Gasteiger partial charge in [0.1, 0.15) is 0 Å². The zero-order valence-corrected chi connectivity index (χ0v) is 11.4. The van der Waals surface area contributed by atoms with E-state index in [1.165, 1.54) is 25.0 Å². The standard InChI is InChI=1S/C14H20F2N2O/c1-17(9-11-4-3-5-18(11)2)8-10-6-12(15)14(19)13(16)7-10/h6-7,11,19H,3-5,8-9H2,1-2H3. The Morgan fingerprint density at radius 1 is 1.37 bits per heavy atom. The number of nitrogens with zero attached hydrogens (tertiary/aromatic N) is 2. The predicted octanol–water partition coefficient (Wildman–Crippen LogP) is 2.20. The van der Waals surface area contributed by atoms with Crippen LogP contribution in [0, 0.1) is 11.6 Å². The molecule has 1 atom stereocenters. The maximum Gasteiger partial charge on any atom is 0.187 e. The van der Waals surface area contributed by atoms with E-state index in [0.717, 1.165) is 13.1 Å². The van der Waals surface area contributed by atoms with Crippen LogP contribution in [0.4, 0.5) is 8.78 Å². The number of likely N-dealkylation sites (N-methyl/N-ethyl adjacent to an activating group) is 2. The Labute approximate surface area is 112 Å². The van der Waals surface area contributed by atoms with Crippen molar-refractivity contribution in [1.29, 1.82) is 0 Å². The van der Waals surface area contributed by atoms with Crippen molar-refractivity contribution >= 4 is 0 Å². The highest BCUT2D eigenvalue weighted by molar-refractivity contribution is 5.29. The van der Waals surface area contributed by atoms with E-state index in [2.05, 4.69) is 16.8 Å². The smallest absolute Gasteiger partial charge is 0.187 e. The molecular formula is C14H20F2N2O. The highest BCUT2D eigenvalue weighted by Gasteiger charge is 2.22. The molecule has 1 heterocycles. The summed E-state index contributed by atoms with van der Waals surface area (Å²) in [6.45, 7) is 2.46. The van der Waals surface area contributed by atoms with E-state index >= 15 is 0 Å². The second kappa shape index (κ2) is 5.84. The van der Waals surface area contributed by atoms with Crippen LogP contribution in [0.25, 0.3) is 0 Å². The molecule has 3 nitrogen and oxygen atoms in total. The first kappa shape index (κ1) is 14.2. The molecule has 1 unspecified atom stereocenters. The summed E-state index contributed by atoms with van der Waals surface area (Å²) in [5.41, 5.74) is 0.538. The average Bonchev–Trinajstić information content (AvgIpc) is 2.72. The van der Waals surface area contributed by atoms with E-state index in [9.17, 15) is 8.78 Å². The Kier molecular flexibility index (Phi) is 4.37. The number of likely N-dealkylation sites (tertiary alicyclic amines) is 1. The quantitative estimate of drug-likeness (QED) is 0.908. The summed E-state index contributed by atoms with van der Waals surface area (Å²) in [6.07, 6.45) is 2.37. The summed E-state index contributed by atoms with van der Waals surface area (Å²) in [5.74, 6) is -2.70. The lowest BCUT2D eigenvalue weighted by Crippen LogP contribution is -2.36. The summed E-state index contributed by atoms with van der Waals surface area (Å²) in [6, 6.07) is 2.89. The molecular weight excluding hydrogens is 250 g/mol. The second-order valence-electron chi connectivity index (χ2n) is 5.38. The van der Waals surface area contributed by atoms with Crippen molar-refractivity contribution in [2.75, 3.05) is 27.2 Å². The monoisotopic (exact) mass is 270 g/mol. The summed E-state index contributed by atoms with van der Waals surface area (Å²) in [4.78, 5) is 4.37. The lowest BCUT2D eigenvalue weighted by atomic mass is 10.1. The fraction of sp³-hybridized carbons (Fsp3) is 0.571. The lowest BCUT2D eigenvalue weighted by molar-refractivity contribution is 0.215. The SMILES string of the molecule is CN(Cc1cc(F)c(O)c(F)c1)CC1CCCN1C. The number of hydrogen-bond donors (Lipinski definition) is 1. The molecule has 0 saturated carbocycles. The zero-order valence-electron chi connectivity index (χ0n) is 11.4. The molecule has 19 heavy (non-hydrogen) atoms. The van der Waals surface area contributed by atoms with Gasteiger partial charge < -0.3 is 14.9 Å². The maximum atomic E-state index is 13.2. The van der Waals surface area contributed by atoms with Gasteiger partial charge in [0.15, 0.2) is 17.4 Å². The average molecular weight is 270 g/mol. The van der Waals surface area contributed by atoms with Gasteiger partial charge in [0.2, 0.25) is 0 Å². The van der Waals surface area contributed by atoms with Crippen LogP contribution in [0.5, 0.6) is 5.75 Å². The van der Waals surface area contributed by atoms with E-state index in [1.807, 2.05) is 7.05 Å². The third-order valence-electron chi connectivity index (χ3n) is 3.72. The maximum absolute atomic E-state index is 13.2. The van der Waals surface area contributed by atoms with Crippen LogP contribution in [-0.2, 0) is 6.54 Å². The molecule has 1 aromatic carbocycles. The van der Waals surface area contributed by atoms with Gasteiger partial charge in [-0.1, -0.05) is 0 Å². The van der Waals surface area contributed by atoms with Crippen LogP contribution in [0.1, 0.15) is 18.4 Å². The van der Waals surface area contributed by atoms with Crippen molar-refractivity contribution in [2.45, 2.75) is 25.4 Å². The van der Waals surface area contributed by atoms with E-state index in [-0.39, 0.29) is 0 Å². The van der Waals surface area contributed by atoms with Gasteiger partial charge in [-0.15, -0.1) is 0 Å². The molecule has 0 radical (unpaired) electrons. The van der Waals surface area contributed by atoms with E-state index < -0.39 is 17.4 Å². The molecule has 1 N–H and O–H groups in total.